The van der Waals surface area contributed by atoms with Crippen LogP contribution in [0.3, 0.4) is 0 Å². The van der Waals surface area contributed by atoms with Crippen molar-refractivity contribution in [3.05, 3.63) is 221 Å². The first kappa shape index (κ1) is 33.2. The molecule has 0 fully saturated rings. The van der Waals surface area contributed by atoms with Crippen LogP contribution in [0.5, 0.6) is 0 Å². The molecule has 1 atom stereocenters. The first-order chi connectivity index (χ1) is 30.0. The fourth-order valence-electron chi connectivity index (χ4n) is 11.8. The molecule has 2 aromatic heterocycles. The van der Waals surface area contributed by atoms with Crippen molar-refractivity contribution in [2.45, 2.75) is 24.7 Å². The van der Waals surface area contributed by atoms with Gasteiger partial charge in [0, 0.05) is 43.8 Å². The molecule has 0 saturated carbocycles. The fourth-order valence-corrected chi connectivity index (χ4v) is 11.8. The summed E-state index contributed by atoms with van der Waals surface area (Å²) in [5.41, 5.74) is 21.2. The highest BCUT2D eigenvalue weighted by Crippen LogP contribution is 2.67. The number of nitrogens with zero attached hydrogens (tertiary/aromatic N) is 1. The Morgan fingerprint density at radius 2 is 0.918 bits per heavy atom. The van der Waals surface area contributed by atoms with Gasteiger partial charge in [-0.25, -0.2) is 0 Å². The molecular weight excluding hydrogens is 743 g/mol. The topological polar surface area (TPSA) is 29.5 Å². The van der Waals surface area contributed by atoms with Gasteiger partial charge in [0.15, 0.2) is 5.58 Å². The number of fused-ring (bicyclic) bond motifs is 20. The summed E-state index contributed by atoms with van der Waals surface area (Å²) < 4.78 is 13.8. The van der Waals surface area contributed by atoms with Crippen LogP contribution >= 0.6 is 0 Å². The number of furan rings is 2. The number of benzene rings is 9. The molecule has 3 nitrogen and oxygen atoms in total. The molecule has 2 heterocycles. The van der Waals surface area contributed by atoms with Crippen molar-refractivity contribution in [2.24, 2.45) is 0 Å². The highest BCUT2D eigenvalue weighted by molar-refractivity contribution is 6.14. The van der Waals surface area contributed by atoms with Crippen molar-refractivity contribution in [3.8, 4) is 33.4 Å². The Balaban J connectivity index is 1.12. The van der Waals surface area contributed by atoms with Crippen LogP contribution in [-0.2, 0) is 10.8 Å². The predicted molar refractivity (Wildman–Crippen MR) is 250 cm³/mol. The smallest absolute Gasteiger partial charge is 0.159 e. The van der Waals surface area contributed by atoms with Crippen molar-refractivity contribution in [3.63, 3.8) is 0 Å². The minimum Gasteiger partial charge on any atom is -0.455 e. The van der Waals surface area contributed by atoms with Gasteiger partial charge in [0.25, 0.3) is 0 Å². The van der Waals surface area contributed by atoms with E-state index in [0.717, 1.165) is 60.9 Å². The monoisotopic (exact) mass is 779 g/mol. The molecule has 11 aromatic rings. The molecule has 1 spiro atoms. The summed E-state index contributed by atoms with van der Waals surface area (Å²) in [4.78, 5) is 2.50. The second kappa shape index (κ2) is 11.6. The Bertz CT molecular complexity index is 3710. The molecule has 1 unspecified atom stereocenters. The summed E-state index contributed by atoms with van der Waals surface area (Å²) in [6, 6.07) is 69.1. The third kappa shape index (κ3) is 4.04. The van der Waals surface area contributed by atoms with Gasteiger partial charge in [-0.15, -0.1) is 0 Å². The van der Waals surface area contributed by atoms with Crippen LogP contribution in [-0.4, -0.2) is 0 Å². The summed E-state index contributed by atoms with van der Waals surface area (Å²) in [7, 11) is 0. The summed E-state index contributed by atoms with van der Waals surface area (Å²) in [5, 5.41) is 4.49. The molecule has 3 aliphatic carbocycles. The Hall–Kier alpha value is -7.62. The normalized spacial score (nSPS) is 16.2. The van der Waals surface area contributed by atoms with Gasteiger partial charge in [-0.2, -0.15) is 0 Å². The van der Waals surface area contributed by atoms with Crippen LogP contribution in [0.1, 0.15) is 47.2 Å². The predicted octanol–water partition coefficient (Wildman–Crippen LogP) is 15.6. The lowest BCUT2D eigenvalue weighted by Gasteiger charge is -2.36. The molecule has 0 bridgehead atoms. The molecule has 0 saturated heterocycles. The first-order valence-corrected chi connectivity index (χ1v) is 21.3. The largest absolute Gasteiger partial charge is 0.455 e. The van der Waals surface area contributed by atoms with Gasteiger partial charge in [0.05, 0.1) is 16.8 Å². The molecule has 3 aliphatic rings. The SMILES string of the molecule is CC1(C)c2ccccc2-c2ccc(N(c3cccc4c3C3(c5ccccc5-4)c4ccccc4-c4c3ccc3c4oc4ccccc43)c3cccc4c3oc3ccccc34)cc21. The number of anilines is 3. The first-order valence-electron chi connectivity index (χ1n) is 21.3. The molecular formula is C58H37NO2. The maximum atomic E-state index is 6.93. The molecule has 0 aliphatic heterocycles. The Morgan fingerprint density at radius 1 is 0.377 bits per heavy atom. The van der Waals surface area contributed by atoms with E-state index in [2.05, 4.69) is 207 Å². The van der Waals surface area contributed by atoms with Gasteiger partial charge in [-0.1, -0.05) is 166 Å². The van der Waals surface area contributed by atoms with Crippen LogP contribution < -0.4 is 4.90 Å². The second-order valence-electron chi connectivity index (χ2n) is 17.5. The standard InChI is InChI=1S/C58H37NO2/c1-57(2)44-22-8-3-15-35(44)37-30-29-34(33-48(37)57)59(50-26-14-21-41-38-17-6-11-27-51(38)60-55(41)50)49-25-13-20-40-36-16-4-9-23-45(36)58(54(40)49)46-24-10-5-19-43(46)53-47(58)32-31-42-39-18-7-12-28-52(39)61-56(42)53/h3-33H,1-2H3. The average Bonchev–Trinajstić information content (AvgIpc) is 4.08. The molecule has 0 N–H and O–H groups in total. The highest BCUT2D eigenvalue weighted by Gasteiger charge is 2.54. The van der Waals surface area contributed by atoms with E-state index in [1.54, 1.807) is 0 Å². The molecule has 0 radical (unpaired) electrons. The summed E-state index contributed by atoms with van der Waals surface area (Å²) in [6.07, 6.45) is 0. The van der Waals surface area contributed by atoms with E-state index in [0.29, 0.717) is 0 Å². The van der Waals surface area contributed by atoms with Gasteiger partial charge >= 0.3 is 0 Å². The van der Waals surface area contributed by atoms with Crippen LogP contribution in [0, 0.1) is 0 Å². The minimum atomic E-state index is -0.645. The van der Waals surface area contributed by atoms with Gasteiger partial charge < -0.3 is 13.7 Å². The Kier molecular flexibility index (Phi) is 6.30. The second-order valence-corrected chi connectivity index (χ2v) is 17.5. The summed E-state index contributed by atoms with van der Waals surface area (Å²) in [5.74, 6) is 0. The van der Waals surface area contributed by atoms with E-state index in [-0.39, 0.29) is 5.41 Å². The van der Waals surface area contributed by atoms with Crippen molar-refractivity contribution in [2.75, 3.05) is 4.90 Å². The molecule has 9 aromatic carbocycles. The van der Waals surface area contributed by atoms with Crippen molar-refractivity contribution >= 4 is 60.9 Å². The van der Waals surface area contributed by atoms with Gasteiger partial charge in [-0.3, -0.25) is 0 Å². The number of rotatable bonds is 3. The number of para-hydroxylation sites is 3. The molecule has 0 amide bonds. The fraction of sp³-hybridized carbons (Fsp3) is 0.0690. The van der Waals surface area contributed by atoms with Crippen LogP contribution in [0.15, 0.2) is 197 Å². The van der Waals surface area contributed by atoms with E-state index >= 15 is 0 Å². The lowest BCUT2D eigenvalue weighted by Crippen LogP contribution is -2.28. The zero-order chi connectivity index (χ0) is 40.2. The van der Waals surface area contributed by atoms with Crippen LogP contribution in [0.2, 0.25) is 0 Å². The number of hydrogen-bond acceptors (Lipinski definition) is 3. The summed E-state index contributed by atoms with van der Waals surface area (Å²) >= 11 is 0. The maximum absolute atomic E-state index is 6.93. The third-order valence-corrected chi connectivity index (χ3v) is 14.3. The molecule has 286 valence electrons. The summed E-state index contributed by atoms with van der Waals surface area (Å²) in [6.45, 7) is 4.73. The quantitative estimate of drug-likeness (QED) is 0.179. The zero-order valence-electron chi connectivity index (χ0n) is 33.7. The van der Waals surface area contributed by atoms with E-state index in [1.807, 2.05) is 0 Å². The highest BCUT2D eigenvalue weighted by atomic mass is 16.3. The van der Waals surface area contributed by atoms with Gasteiger partial charge in [0.1, 0.15) is 16.7 Å². The lowest BCUT2D eigenvalue weighted by molar-refractivity contribution is 0.660. The van der Waals surface area contributed by atoms with Crippen LogP contribution in [0.25, 0.3) is 77.3 Å². The minimum absolute atomic E-state index is 0.184. The van der Waals surface area contributed by atoms with Crippen LogP contribution in [0.4, 0.5) is 17.1 Å². The third-order valence-electron chi connectivity index (χ3n) is 14.3. The van der Waals surface area contributed by atoms with E-state index < -0.39 is 5.41 Å². The molecule has 3 heteroatoms. The zero-order valence-corrected chi connectivity index (χ0v) is 33.7. The van der Waals surface area contributed by atoms with E-state index in [9.17, 15) is 0 Å². The Morgan fingerprint density at radius 3 is 1.69 bits per heavy atom. The van der Waals surface area contributed by atoms with Gasteiger partial charge in [-0.05, 0) is 92.0 Å². The molecule has 14 rings (SSSR count). The van der Waals surface area contributed by atoms with E-state index in [1.165, 1.54) is 66.8 Å². The average molecular weight is 780 g/mol. The Labute approximate surface area is 352 Å². The van der Waals surface area contributed by atoms with E-state index in [4.69, 9.17) is 8.83 Å². The van der Waals surface area contributed by atoms with Crippen molar-refractivity contribution < 1.29 is 8.83 Å². The van der Waals surface area contributed by atoms with Crippen molar-refractivity contribution in [1.82, 2.24) is 0 Å². The van der Waals surface area contributed by atoms with Crippen molar-refractivity contribution in [1.29, 1.82) is 0 Å². The lowest BCUT2D eigenvalue weighted by atomic mass is 9.70. The van der Waals surface area contributed by atoms with Gasteiger partial charge in [0.2, 0.25) is 0 Å². The number of hydrogen-bond donors (Lipinski definition) is 0. The molecule has 61 heavy (non-hydrogen) atoms. The maximum Gasteiger partial charge on any atom is 0.159 e.